The van der Waals surface area contributed by atoms with Gasteiger partial charge in [-0.05, 0) is 92.1 Å². The van der Waals surface area contributed by atoms with Gasteiger partial charge in [0.15, 0.2) is 11.5 Å². The average molecular weight is 577 g/mol. The smallest absolute Gasteiger partial charge is 0.174 e. The number of hydrogen-bond acceptors (Lipinski definition) is 3. The molecule has 0 saturated heterocycles. The molecular formula is C21H17BrClFINO2. The molecule has 0 spiro atoms. The van der Waals surface area contributed by atoms with Crippen molar-refractivity contribution < 1.29 is 13.9 Å². The van der Waals surface area contributed by atoms with Crippen LogP contribution in [0.1, 0.15) is 11.1 Å². The molecule has 3 rings (SSSR count). The number of anilines is 1. The second kappa shape index (κ2) is 9.80. The zero-order valence-electron chi connectivity index (χ0n) is 14.9. The van der Waals surface area contributed by atoms with Gasteiger partial charge in [-0.3, -0.25) is 0 Å². The zero-order chi connectivity index (χ0) is 20.1. The quantitative estimate of drug-likeness (QED) is 0.306. The van der Waals surface area contributed by atoms with Crippen molar-refractivity contribution in [3.63, 3.8) is 0 Å². The Morgan fingerprint density at radius 1 is 1.11 bits per heavy atom. The van der Waals surface area contributed by atoms with Crippen molar-refractivity contribution in [1.29, 1.82) is 0 Å². The van der Waals surface area contributed by atoms with E-state index in [1.54, 1.807) is 13.2 Å². The average Bonchev–Trinajstić information content (AvgIpc) is 2.67. The first kappa shape index (κ1) is 21.2. The third-order valence-corrected chi connectivity index (χ3v) is 6.01. The highest BCUT2D eigenvalue weighted by Crippen LogP contribution is 2.35. The molecule has 0 aromatic heterocycles. The van der Waals surface area contributed by atoms with Gasteiger partial charge in [0, 0.05) is 16.7 Å². The van der Waals surface area contributed by atoms with Crippen molar-refractivity contribution in [3.8, 4) is 11.5 Å². The van der Waals surface area contributed by atoms with Crippen molar-refractivity contribution in [2.75, 3.05) is 12.4 Å². The van der Waals surface area contributed by atoms with E-state index in [0.29, 0.717) is 23.1 Å². The van der Waals surface area contributed by atoms with Gasteiger partial charge in [0.2, 0.25) is 0 Å². The van der Waals surface area contributed by atoms with E-state index >= 15 is 0 Å². The third-order valence-electron chi connectivity index (χ3n) is 3.98. The lowest BCUT2D eigenvalue weighted by Gasteiger charge is -2.15. The van der Waals surface area contributed by atoms with Crippen molar-refractivity contribution >= 4 is 55.8 Å². The van der Waals surface area contributed by atoms with E-state index in [9.17, 15) is 4.39 Å². The van der Waals surface area contributed by atoms with Crippen LogP contribution < -0.4 is 14.8 Å². The molecule has 28 heavy (non-hydrogen) atoms. The van der Waals surface area contributed by atoms with Gasteiger partial charge in [0.1, 0.15) is 12.4 Å². The summed E-state index contributed by atoms with van der Waals surface area (Å²) in [5.41, 5.74) is 2.72. The van der Waals surface area contributed by atoms with Crippen molar-refractivity contribution in [3.05, 3.63) is 84.6 Å². The molecule has 0 amide bonds. The van der Waals surface area contributed by atoms with Gasteiger partial charge in [0.05, 0.1) is 15.7 Å². The number of hydrogen-bond donors (Lipinski definition) is 1. The van der Waals surface area contributed by atoms with Crippen LogP contribution in [-0.4, -0.2) is 7.11 Å². The molecule has 146 valence electrons. The second-order valence-corrected chi connectivity index (χ2v) is 8.43. The first-order valence-corrected chi connectivity index (χ1v) is 10.6. The molecule has 0 unspecified atom stereocenters. The Labute approximate surface area is 190 Å². The summed E-state index contributed by atoms with van der Waals surface area (Å²) in [6.07, 6.45) is 0. The molecule has 7 heteroatoms. The lowest BCUT2D eigenvalue weighted by Crippen LogP contribution is -2.04. The van der Waals surface area contributed by atoms with Gasteiger partial charge in [-0.2, -0.15) is 0 Å². The normalized spacial score (nSPS) is 10.6. The third kappa shape index (κ3) is 5.52. The first-order valence-electron chi connectivity index (χ1n) is 8.39. The first-order chi connectivity index (χ1) is 13.5. The summed E-state index contributed by atoms with van der Waals surface area (Å²) < 4.78 is 26.5. The molecule has 0 bridgehead atoms. The summed E-state index contributed by atoms with van der Waals surface area (Å²) in [7, 11) is 1.60. The predicted molar refractivity (Wildman–Crippen MR) is 123 cm³/mol. The Bertz CT molecular complexity index is 987. The largest absolute Gasteiger partial charge is 0.493 e. The van der Waals surface area contributed by atoms with Crippen LogP contribution in [0.15, 0.2) is 59.1 Å². The molecule has 0 radical (unpaired) electrons. The highest BCUT2D eigenvalue weighted by atomic mass is 127. The predicted octanol–water partition coefficient (Wildman–Crippen LogP) is 7.05. The van der Waals surface area contributed by atoms with Crippen molar-refractivity contribution in [2.24, 2.45) is 0 Å². The summed E-state index contributed by atoms with van der Waals surface area (Å²) in [5, 5.41) is 4.00. The van der Waals surface area contributed by atoms with E-state index in [1.165, 1.54) is 12.1 Å². The summed E-state index contributed by atoms with van der Waals surface area (Å²) in [6, 6.07) is 16.0. The molecule has 0 aliphatic heterocycles. The van der Waals surface area contributed by atoms with Crippen LogP contribution in [0.2, 0.25) is 5.02 Å². The maximum atomic E-state index is 13.3. The van der Waals surface area contributed by atoms with Gasteiger partial charge in [-0.15, -0.1) is 0 Å². The highest BCUT2D eigenvalue weighted by Gasteiger charge is 2.12. The Morgan fingerprint density at radius 2 is 1.93 bits per heavy atom. The van der Waals surface area contributed by atoms with Crippen LogP contribution in [-0.2, 0) is 13.2 Å². The molecule has 0 heterocycles. The van der Waals surface area contributed by atoms with E-state index in [0.717, 1.165) is 24.9 Å². The monoisotopic (exact) mass is 575 g/mol. The fraction of sp³-hybridized carbons (Fsp3) is 0.143. The Kier molecular flexibility index (Phi) is 7.42. The number of methoxy groups -OCH3 is 1. The lowest BCUT2D eigenvalue weighted by molar-refractivity contribution is 0.281. The number of ether oxygens (including phenoxy) is 2. The molecule has 0 aliphatic rings. The van der Waals surface area contributed by atoms with Crippen LogP contribution in [0, 0.1) is 9.39 Å². The molecule has 0 atom stereocenters. The molecule has 1 N–H and O–H groups in total. The Hall–Kier alpha value is -1.51. The minimum Gasteiger partial charge on any atom is -0.493 e. The van der Waals surface area contributed by atoms with Gasteiger partial charge < -0.3 is 14.8 Å². The Morgan fingerprint density at radius 3 is 2.64 bits per heavy atom. The van der Waals surface area contributed by atoms with Crippen LogP contribution >= 0.6 is 50.1 Å². The molecule has 0 fully saturated rings. The fourth-order valence-corrected chi connectivity index (χ4v) is 3.86. The number of benzene rings is 3. The van der Waals surface area contributed by atoms with Gasteiger partial charge >= 0.3 is 0 Å². The number of rotatable bonds is 7. The van der Waals surface area contributed by atoms with Crippen molar-refractivity contribution in [2.45, 2.75) is 13.2 Å². The molecule has 0 saturated carbocycles. The van der Waals surface area contributed by atoms with Crippen molar-refractivity contribution in [1.82, 2.24) is 0 Å². The standard InChI is InChI=1S/C21H17BrClFINO2/c1-27-20-9-14(11-26-16-5-6-17(22)18(23)10-16)8-19(25)21(20)28-12-13-3-2-4-15(24)7-13/h2-10,26H,11-12H2,1H3. The highest BCUT2D eigenvalue weighted by molar-refractivity contribution is 14.1. The van der Waals surface area contributed by atoms with Crippen LogP contribution in [0.5, 0.6) is 11.5 Å². The fourth-order valence-electron chi connectivity index (χ4n) is 2.61. The van der Waals surface area contributed by atoms with E-state index < -0.39 is 0 Å². The van der Waals surface area contributed by atoms with Crippen LogP contribution in [0.3, 0.4) is 0 Å². The molecule has 3 aromatic rings. The maximum absolute atomic E-state index is 13.3. The van der Waals surface area contributed by atoms with E-state index in [1.807, 2.05) is 36.4 Å². The lowest BCUT2D eigenvalue weighted by atomic mass is 10.2. The van der Waals surface area contributed by atoms with Crippen LogP contribution in [0.4, 0.5) is 10.1 Å². The Balaban J connectivity index is 1.72. The zero-order valence-corrected chi connectivity index (χ0v) is 19.4. The van der Waals surface area contributed by atoms with E-state index in [-0.39, 0.29) is 12.4 Å². The van der Waals surface area contributed by atoms with Crippen LogP contribution in [0.25, 0.3) is 0 Å². The van der Waals surface area contributed by atoms with E-state index in [2.05, 4.69) is 43.8 Å². The number of halogens is 4. The topological polar surface area (TPSA) is 30.5 Å². The van der Waals surface area contributed by atoms with E-state index in [4.69, 9.17) is 21.1 Å². The second-order valence-electron chi connectivity index (χ2n) is 6.01. The summed E-state index contributed by atoms with van der Waals surface area (Å²) in [6.45, 7) is 0.869. The minimum absolute atomic E-state index is 0.263. The van der Waals surface area contributed by atoms with Gasteiger partial charge in [0.25, 0.3) is 0 Å². The molecule has 3 aromatic carbocycles. The summed E-state index contributed by atoms with van der Waals surface area (Å²) >= 11 is 11.7. The maximum Gasteiger partial charge on any atom is 0.174 e. The number of nitrogens with one attached hydrogen (secondary N) is 1. The van der Waals surface area contributed by atoms with Gasteiger partial charge in [-0.1, -0.05) is 23.7 Å². The molecular weight excluding hydrogens is 559 g/mol. The summed E-state index contributed by atoms with van der Waals surface area (Å²) in [4.78, 5) is 0. The summed E-state index contributed by atoms with van der Waals surface area (Å²) in [5.74, 6) is 0.994. The molecule has 0 aliphatic carbocycles. The SMILES string of the molecule is COc1cc(CNc2ccc(Br)c(Cl)c2)cc(I)c1OCc1cccc(F)c1. The van der Waals surface area contributed by atoms with Gasteiger partial charge in [-0.25, -0.2) is 4.39 Å². The minimum atomic E-state index is -0.280. The molecule has 3 nitrogen and oxygen atoms in total.